The fourth-order valence-corrected chi connectivity index (χ4v) is 1.51. The van der Waals surface area contributed by atoms with Gasteiger partial charge in [-0.2, -0.15) is 0 Å². The monoisotopic (exact) mass is 176 g/mol. The van der Waals surface area contributed by atoms with Crippen molar-refractivity contribution >= 4 is 11.4 Å². The molecule has 0 bridgehead atoms. The number of benzene rings is 1. The molecule has 0 heterocycles. The van der Waals surface area contributed by atoms with Crippen molar-refractivity contribution in [2.45, 2.75) is 12.8 Å². The fraction of sp³-hybridized carbons (Fsp3) is 0.182. The van der Waals surface area contributed by atoms with Crippen LogP contribution in [0, 0.1) is 5.82 Å². The second-order valence-electron chi connectivity index (χ2n) is 3.15. The van der Waals surface area contributed by atoms with Gasteiger partial charge in [-0.05, 0) is 35.8 Å². The van der Waals surface area contributed by atoms with Crippen molar-refractivity contribution in [3.8, 4) is 0 Å². The number of carbonyl (C=O) groups excluding carboxylic acids is 1. The molecule has 13 heavy (non-hydrogen) atoms. The summed E-state index contributed by atoms with van der Waals surface area (Å²) in [6.45, 7) is 0. The van der Waals surface area contributed by atoms with Crippen LogP contribution in [0.2, 0.25) is 0 Å². The summed E-state index contributed by atoms with van der Waals surface area (Å²) in [7, 11) is 0. The van der Waals surface area contributed by atoms with Crippen LogP contribution in [0.3, 0.4) is 0 Å². The Bertz CT molecular complexity index is 379. The second kappa shape index (κ2) is 3.13. The molecular weight excluding hydrogens is 167 g/mol. The topological polar surface area (TPSA) is 17.1 Å². The van der Waals surface area contributed by atoms with E-state index in [0.29, 0.717) is 6.42 Å². The maximum atomic E-state index is 12.8. The van der Waals surface area contributed by atoms with Gasteiger partial charge in [0.15, 0.2) is 5.78 Å². The zero-order valence-electron chi connectivity index (χ0n) is 7.09. The highest BCUT2D eigenvalue weighted by Crippen LogP contribution is 2.25. The van der Waals surface area contributed by atoms with Crippen LogP contribution in [0.5, 0.6) is 0 Å². The smallest absolute Gasteiger partial charge is 0.156 e. The molecule has 1 nitrogen and oxygen atoms in total. The van der Waals surface area contributed by atoms with Crippen molar-refractivity contribution in [2.75, 3.05) is 0 Å². The average Bonchev–Trinajstić information content (AvgIpc) is 2.52. The quantitative estimate of drug-likeness (QED) is 0.642. The van der Waals surface area contributed by atoms with Gasteiger partial charge in [0.2, 0.25) is 0 Å². The highest BCUT2D eigenvalue weighted by Gasteiger charge is 2.13. The van der Waals surface area contributed by atoms with Gasteiger partial charge in [-0.3, -0.25) is 4.79 Å². The van der Waals surface area contributed by atoms with E-state index >= 15 is 0 Å². The lowest BCUT2D eigenvalue weighted by Crippen LogP contribution is -1.81. The van der Waals surface area contributed by atoms with Gasteiger partial charge in [0.1, 0.15) is 5.82 Å². The third-order valence-electron chi connectivity index (χ3n) is 2.17. The van der Waals surface area contributed by atoms with Gasteiger partial charge >= 0.3 is 0 Å². The molecule has 0 N–H and O–H groups in total. The molecular formula is C11H9FO. The Hall–Kier alpha value is -1.44. The molecule has 0 saturated heterocycles. The molecule has 0 unspecified atom stereocenters. The van der Waals surface area contributed by atoms with Crippen LogP contribution >= 0.6 is 0 Å². The third kappa shape index (κ3) is 1.66. The Labute approximate surface area is 75.9 Å². The molecule has 66 valence electrons. The molecule has 0 aliphatic heterocycles. The highest BCUT2D eigenvalue weighted by molar-refractivity contribution is 6.01. The maximum Gasteiger partial charge on any atom is 0.156 e. The van der Waals surface area contributed by atoms with E-state index in [0.717, 1.165) is 17.6 Å². The minimum atomic E-state index is -0.252. The molecule has 1 aromatic carbocycles. The molecule has 1 aliphatic rings. The van der Waals surface area contributed by atoms with E-state index in [4.69, 9.17) is 0 Å². The lowest BCUT2D eigenvalue weighted by molar-refractivity contribution is -0.114. The first-order valence-corrected chi connectivity index (χ1v) is 4.25. The first-order chi connectivity index (χ1) is 6.25. The molecule has 0 saturated carbocycles. The zero-order valence-corrected chi connectivity index (χ0v) is 7.09. The molecule has 0 spiro atoms. The predicted molar refractivity (Wildman–Crippen MR) is 48.6 cm³/mol. The van der Waals surface area contributed by atoms with Crippen molar-refractivity contribution in [1.82, 2.24) is 0 Å². The molecule has 0 radical (unpaired) electrons. The molecule has 1 aliphatic carbocycles. The number of carbonyl (C=O) groups is 1. The Morgan fingerprint density at radius 2 is 2.08 bits per heavy atom. The Kier molecular flexibility index (Phi) is 1.97. The standard InChI is InChI=1S/C11H9FO/c12-10-3-1-2-8(6-10)9-4-5-11(13)7-9/h1-3,6-7H,4-5H2. The van der Waals surface area contributed by atoms with Crippen LogP contribution < -0.4 is 0 Å². The molecule has 0 fully saturated rings. The van der Waals surface area contributed by atoms with E-state index in [1.54, 1.807) is 12.1 Å². The largest absolute Gasteiger partial charge is 0.295 e. The molecule has 2 heteroatoms. The number of ketones is 1. The number of allylic oxidation sites excluding steroid dienone is 2. The van der Waals surface area contributed by atoms with Crippen LogP contribution in [-0.2, 0) is 4.79 Å². The van der Waals surface area contributed by atoms with E-state index in [9.17, 15) is 9.18 Å². The second-order valence-corrected chi connectivity index (χ2v) is 3.15. The van der Waals surface area contributed by atoms with Crippen LogP contribution in [0.25, 0.3) is 5.57 Å². The van der Waals surface area contributed by atoms with E-state index in [-0.39, 0.29) is 11.6 Å². The number of rotatable bonds is 1. The first kappa shape index (κ1) is 8.17. The lowest BCUT2D eigenvalue weighted by atomic mass is 10.1. The predicted octanol–water partition coefficient (Wildman–Crippen LogP) is 2.57. The van der Waals surface area contributed by atoms with Crippen molar-refractivity contribution in [3.05, 3.63) is 41.7 Å². The Morgan fingerprint density at radius 1 is 1.23 bits per heavy atom. The summed E-state index contributed by atoms with van der Waals surface area (Å²) in [6.07, 6.45) is 2.91. The zero-order chi connectivity index (χ0) is 9.26. The van der Waals surface area contributed by atoms with Crippen LogP contribution in [0.15, 0.2) is 30.3 Å². The average molecular weight is 176 g/mol. The fourth-order valence-electron chi connectivity index (χ4n) is 1.51. The van der Waals surface area contributed by atoms with Crippen molar-refractivity contribution < 1.29 is 9.18 Å². The van der Waals surface area contributed by atoms with Gasteiger partial charge in [0.25, 0.3) is 0 Å². The molecule has 0 aromatic heterocycles. The minimum Gasteiger partial charge on any atom is -0.295 e. The molecule has 1 aromatic rings. The molecule has 0 amide bonds. The summed E-state index contributed by atoms with van der Waals surface area (Å²) in [6, 6.07) is 6.35. The summed E-state index contributed by atoms with van der Waals surface area (Å²) in [5.41, 5.74) is 1.77. The van der Waals surface area contributed by atoms with Crippen LogP contribution in [0.1, 0.15) is 18.4 Å². The van der Waals surface area contributed by atoms with Crippen LogP contribution in [-0.4, -0.2) is 5.78 Å². The summed E-state index contributed by atoms with van der Waals surface area (Å²) in [4.78, 5) is 10.9. The Morgan fingerprint density at radius 3 is 2.69 bits per heavy atom. The molecule has 0 atom stereocenters. The van der Waals surface area contributed by atoms with Crippen LogP contribution in [0.4, 0.5) is 4.39 Å². The highest BCUT2D eigenvalue weighted by atomic mass is 19.1. The number of hydrogen-bond acceptors (Lipinski definition) is 1. The summed E-state index contributed by atoms with van der Waals surface area (Å²) in [5.74, 6) is -0.114. The van der Waals surface area contributed by atoms with Gasteiger partial charge in [-0.25, -0.2) is 4.39 Å². The van der Waals surface area contributed by atoms with Crippen molar-refractivity contribution in [3.63, 3.8) is 0 Å². The van der Waals surface area contributed by atoms with E-state index in [1.807, 2.05) is 6.07 Å². The minimum absolute atomic E-state index is 0.138. The summed E-state index contributed by atoms with van der Waals surface area (Å²) < 4.78 is 12.8. The van der Waals surface area contributed by atoms with E-state index < -0.39 is 0 Å². The van der Waals surface area contributed by atoms with E-state index in [1.165, 1.54) is 12.1 Å². The third-order valence-corrected chi connectivity index (χ3v) is 2.17. The normalized spacial score (nSPS) is 16.1. The van der Waals surface area contributed by atoms with Crippen molar-refractivity contribution in [2.24, 2.45) is 0 Å². The number of halogens is 1. The van der Waals surface area contributed by atoms with Gasteiger partial charge in [0.05, 0.1) is 0 Å². The lowest BCUT2D eigenvalue weighted by Gasteiger charge is -2.00. The number of hydrogen-bond donors (Lipinski definition) is 0. The summed E-state index contributed by atoms with van der Waals surface area (Å²) >= 11 is 0. The first-order valence-electron chi connectivity index (χ1n) is 4.25. The molecule has 2 rings (SSSR count). The van der Waals surface area contributed by atoms with Gasteiger partial charge in [-0.15, -0.1) is 0 Å². The van der Waals surface area contributed by atoms with E-state index in [2.05, 4.69) is 0 Å². The summed E-state index contributed by atoms with van der Waals surface area (Å²) in [5, 5.41) is 0. The van der Waals surface area contributed by atoms with Crippen molar-refractivity contribution in [1.29, 1.82) is 0 Å². The Balaban J connectivity index is 2.36. The maximum absolute atomic E-state index is 12.8. The SMILES string of the molecule is O=C1C=C(c2cccc(F)c2)CC1. The van der Waals surface area contributed by atoms with Gasteiger partial charge < -0.3 is 0 Å². The van der Waals surface area contributed by atoms with Gasteiger partial charge in [-0.1, -0.05) is 12.1 Å². The van der Waals surface area contributed by atoms with Gasteiger partial charge in [0, 0.05) is 6.42 Å².